The lowest BCUT2D eigenvalue weighted by Crippen LogP contribution is -2.59. The minimum Gasteiger partial charge on any atom is -0.374 e. The van der Waals surface area contributed by atoms with Crippen molar-refractivity contribution >= 4 is 8.07 Å². The average Bonchev–Trinajstić information content (AvgIpc) is 3.38. The van der Waals surface area contributed by atoms with Crippen molar-refractivity contribution in [1.29, 1.82) is 0 Å². The fraction of sp³-hybridized carbons (Fsp3) is 0.471. The van der Waals surface area contributed by atoms with E-state index in [1.807, 2.05) is 0 Å². The highest BCUT2D eigenvalue weighted by atomic mass is 28.3. The highest BCUT2D eigenvalue weighted by Crippen LogP contribution is 2.42. The highest BCUT2D eigenvalue weighted by molar-refractivity contribution is 6.79. The van der Waals surface area contributed by atoms with E-state index < -0.39 is 8.07 Å². The molecule has 0 unspecified atom stereocenters. The molecule has 3 nitrogen and oxygen atoms in total. The number of rotatable bonds is 15. The molecule has 0 bridgehead atoms. The van der Waals surface area contributed by atoms with E-state index in [-0.39, 0.29) is 17.4 Å². The highest BCUT2D eigenvalue weighted by Gasteiger charge is 2.53. The van der Waals surface area contributed by atoms with Gasteiger partial charge in [0.15, 0.2) is 0 Å². The monoisotopic (exact) mass is 530 g/mol. The summed E-state index contributed by atoms with van der Waals surface area (Å²) in [4.78, 5) is 0. The maximum atomic E-state index is 7.22. The summed E-state index contributed by atoms with van der Waals surface area (Å²) < 4.78 is 20.3. The number of hydrogen-bond acceptors (Lipinski definition) is 3. The first kappa shape index (κ1) is 28.8. The summed E-state index contributed by atoms with van der Waals surface area (Å²) in [5.74, 6) is 0. The standard InChI is InChI=1S/C34H46O3Si/c1-4-5-9-22-32(36-26-30-18-12-7-13-19-30)33-23-24-34(37-33,28-35-25-29-16-10-6-11-17-29)38(2,3)27-31-20-14-8-15-21-31/h6-8,10-21,32-33H,4-5,9,22-28H2,1-3H3/t32-,33-,34-/m1/s1. The normalized spacial score (nSPS) is 20.4. The van der Waals surface area contributed by atoms with Crippen LogP contribution >= 0.6 is 0 Å². The molecule has 204 valence electrons. The van der Waals surface area contributed by atoms with Gasteiger partial charge in [0.1, 0.15) is 0 Å². The Labute approximate surface area is 231 Å². The van der Waals surface area contributed by atoms with Crippen LogP contribution in [0, 0.1) is 0 Å². The van der Waals surface area contributed by atoms with Crippen LogP contribution in [0.5, 0.6) is 0 Å². The van der Waals surface area contributed by atoms with Gasteiger partial charge in [-0.15, -0.1) is 0 Å². The number of ether oxygens (including phenoxy) is 3. The van der Waals surface area contributed by atoms with E-state index in [2.05, 4.69) is 111 Å². The predicted molar refractivity (Wildman–Crippen MR) is 160 cm³/mol. The van der Waals surface area contributed by atoms with E-state index in [4.69, 9.17) is 14.2 Å². The maximum Gasteiger partial charge on any atom is 0.0928 e. The first-order valence-corrected chi connectivity index (χ1v) is 17.7. The van der Waals surface area contributed by atoms with Gasteiger partial charge in [-0.1, -0.05) is 136 Å². The molecular formula is C34H46O3Si. The lowest BCUT2D eigenvalue weighted by molar-refractivity contribution is -0.112. The zero-order valence-corrected chi connectivity index (χ0v) is 24.6. The van der Waals surface area contributed by atoms with Crippen molar-refractivity contribution in [2.75, 3.05) is 6.61 Å². The van der Waals surface area contributed by atoms with Gasteiger partial charge in [0.2, 0.25) is 0 Å². The van der Waals surface area contributed by atoms with E-state index >= 15 is 0 Å². The van der Waals surface area contributed by atoms with Crippen LogP contribution in [0.1, 0.15) is 62.1 Å². The maximum absolute atomic E-state index is 7.22. The average molecular weight is 531 g/mol. The molecule has 1 aliphatic heterocycles. The lowest BCUT2D eigenvalue weighted by atomic mass is 10.0. The molecule has 0 N–H and O–H groups in total. The second-order valence-corrected chi connectivity index (χ2v) is 16.6. The summed E-state index contributed by atoms with van der Waals surface area (Å²) in [6.07, 6.45) is 6.97. The van der Waals surface area contributed by atoms with Crippen molar-refractivity contribution in [2.24, 2.45) is 0 Å². The summed E-state index contributed by atoms with van der Waals surface area (Å²) in [7, 11) is -1.91. The first-order valence-electron chi connectivity index (χ1n) is 14.5. The molecule has 3 atom stereocenters. The van der Waals surface area contributed by atoms with Crippen LogP contribution in [0.25, 0.3) is 0 Å². The molecule has 4 rings (SSSR count). The summed E-state index contributed by atoms with van der Waals surface area (Å²) in [6, 6.07) is 33.0. The third-order valence-corrected chi connectivity index (χ3v) is 12.5. The molecule has 1 heterocycles. The van der Waals surface area contributed by atoms with Crippen LogP contribution < -0.4 is 0 Å². The zero-order chi connectivity index (χ0) is 26.7. The van der Waals surface area contributed by atoms with E-state index in [0.717, 1.165) is 25.3 Å². The second-order valence-electron chi connectivity index (χ2n) is 11.5. The molecule has 0 spiro atoms. The predicted octanol–water partition coefficient (Wildman–Crippen LogP) is 8.32. The Morgan fingerprint density at radius 2 is 1.39 bits per heavy atom. The molecule has 4 heteroatoms. The molecular weight excluding hydrogens is 484 g/mol. The lowest BCUT2D eigenvalue weighted by Gasteiger charge is -2.43. The van der Waals surface area contributed by atoms with Crippen LogP contribution in [-0.4, -0.2) is 32.1 Å². The van der Waals surface area contributed by atoms with Gasteiger partial charge in [-0.05, 0) is 36.4 Å². The molecule has 0 aromatic heterocycles. The Morgan fingerprint density at radius 3 is 2.00 bits per heavy atom. The third-order valence-electron chi connectivity index (χ3n) is 8.19. The SMILES string of the molecule is CCCCC[C@@H](OCc1ccccc1)[C@H]1CC[C@](COCc2ccccc2)([Si](C)(C)Cc2ccccc2)O1. The second kappa shape index (κ2) is 14.2. The quantitative estimate of drug-likeness (QED) is 0.146. The van der Waals surface area contributed by atoms with Gasteiger partial charge in [0, 0.05) is 0 Å². The number of unbranched alkanes of at least 4 members (excludes halogenated alkanes) is 2. The van der Waals surface area contributed by atoms with E-state index in [9.17, 15) is 0 Å². The summed E-state index contributed by atoms with van der Waals surface area (Å²) >= 11 is 0. The Morgan fingerprint density at radius 1 is 0.816 bits per heavy atom. The topological polar surface area (TPSA) is 27.7 Å². The molecule has 3 aromatic carbocycles. The van der Waals surface area contributed by atoms with Gasteiger partial charge in [-0.3, -0.25) is 0 Å². The van der Waals surface area contributed by atoms with Crippen molar-refractivity contribution in [3.63, 3.8) is 0 Å². The van der Waals surface area contributed by atoms with Crippen molar-refractivity contribution in [2.45, 2.75) is 95.2 Å². The van der Waals surface area contributed by atoms with E-state index in [0.29, 0.717) is 19.8 Å². The zero-order valence-electron chi connectivity index (χ0n) is 23.6. The molecule has 3 aromatic rings. The van der Waals surface area contributed by atoms with Crippen molar-refractivity contribution < 1.29 is 14.2 Å². The molecule has 1 fully saturated rings. The molecule has 0 saturated carbocycles. The Bertz CT molecular complexity index is 1060. The van der Waals surface area contributed by atoms with Crippen LogP contribution in [0.4, 0.5) is 0 Å². The molecule has 0 aliphatic carbocycles. The Kier molecular flexibility index (Phi) is 10.8. The number of hydrogen-bond donors (Lipinski definition) is 0. The summed E-state index contributed by atoms with van der Waals surface area (Å²) in [5.41, 5.74) is 3.84. The fourth-order valence-electron chi connectivity index (χ4n) is 5.77. The molecule has 0 radical (unpaired) electrons. The molecule has 0 amide bonds. The molecule has 1 saturated heterocycles. The minimum absolute atomic E-state index is 0.110. The fourth-order valence-corrected chi connectivity index (χ4v) is 9.13. The first-order chi connectivity index (χ1) is 18.5. The van der Waals surface area contributed by atoms with Gasteiger partial charge in [0.05, 0.1) is 45.3 Å². The van der Waals surface area contributed by atoms with Crippen molar-refractivity contribution in [1.82, 2.24) is 0 Å². The van der Waals surface area contributed by atoms with Gasteiger partial charge >= 0.3 is 0 Å². The number of benzene rings is 3. The Balaban J connectivity index is 1.51. The molecule has 38 heavy (non-hydrogen) atoms. The third kappa shape index (κ3) is 7.89. The van der Waals surface area contributed by atoms with Crippen molar-refractivity contribution in [3.8, 4) is 0 Å². The van der Waals surface area contributed by atoms with Gasteiger partial charge in [0.25, 0.3) is 0 Å². The molecule has 1 aliphatic rings. The van der Waals surface area contributed by atoms with E-state index in [1.54, 1.807) is 0 Å². The van der Waals surface area contributed by atoms with Gasteiger partial charge in [-0.25, -0.2) is 0 Å². The smallest absolute Gasteiger partial charge is 0.0928 e. The summed E-state index contributed by atoms with van der Waals surface area (Å²) in [6.45, 7) is 9.15. The summed E-state index contributed by atoms with van der Waals surface area (Å²) in [5, 5.41) is -0.235. The van der Waals surface area contributed by atoms with Gasteiger partial charge < -0.3 is 14.2 Å². The van der Waals surface area contributed by atoms with Crippen LogP contribution in [0.15, 0.2) is 91.0 Å². The minimum atomic E-state index is -1.91. The van der Waals surface area contributed by atoms with Crippen molar-refractivity contribution in [3.05, 3.63) is 108 Å². The van der Waals surface area contributed by atoms with Gasteiger partial charge in [-0.2, -0.15) is 0 Å². The van der Waals surface area contributed by atoms with Crippen LogP contribution in [0.2, 0.25) is 13.1 Å². The van der Waals surface area contributed by atoms with Crippen LogP contribution in [-0.2, 0) is 33.5 Å². The van der Waals surface area contributed by atoms with Crippen LogP contribution in [0.3, 0.4) is 0 Å². The Hall–Kier alpha value is -2.24. The van der Waals surface area contributed by atoms with E-state index in [1.165, 1.54) is 36.0 Å². The largest absolute Gasteiger partial charge is 0.374 e.